The first-order valence-electron chi connectivity index (χ1n) is 10.1. The van der Waals surface area contributed by atoms with Gasteiger partial charge < -0.3 is 10.1 Å². The number of hydrogen-bond acceptors (Lipinski definition) is 5. The number of nitrogens with zero attached hydrogens (tertiary/aromatic N) is 2. The van der Waals surface area contributed by atoms with E-state index in [-0.39, 0.29) is 10.8 Å². The van der Waals surface area contributed by atoms with Gasteiger partial charge in [0.25, 0.3) is 0 Å². The molecule has 1 N–H and O–H groups in total. The molecule has 0 radical (unpaired) electrons. The van der Waals surface area contributed by atoms with Gasteiger partial charge in [0.2, 0.25) is 15.9 Å². The van der Waals surface area contributed by atoms with Gasteiger partial charge in [-0.2, -0.15) is 4.31 Å². The van der Waals surface area contributed by atoms with Crippen LogP contribution in [-0.4, -0.2) is 63.4 Å². The van der Waals surface area contributed by atoms with Crippen molar-refractivity contribution in [2.45, 2.75) is 50.8 Å². The Hall–Kier alpha value is -1.64. The molecule has 8 heteroatoms. The van der Waals surface area contributed by atoms with Crippen LogP contribution in [0, 0.1) is 0 Å². The van der Waals surface area contributed by atoms with Gasteiger partial charge in [-0.15, -0.1) is 0 Å². The van der Waals surface area contributed by atoms with E-state index in [1.54, 1.807) is 19.9 Å². The number of sulfonamides is 1. The van der Waals surface area contributed by atoms with Gasteiger partial charge in [-0.1, -0.05) is 33.1 Å². The highest BCUT2D eigenvalue weighted by Crippen LogP contribution is 2.29. The highest BCUT2D eigenvalue weighted by atomic mass is 32.2. The van der Waals surface area contributed by atoms with Gasteiger partial charge in [0.1, 0.15) is 5.75 Å². The minimum atomic E-state index is -3.60. The first-order valence-corrected chi connectivity index (χ1v) is 11.6. The molecule has 28 heavy (non-hydrogen) atoms. The zero-order valence-electron chi connectivity index (χ0n) is 17.2. The highest BCUT2D eigenvalue weighted by molar-refractivity contribution is 7.89. The van der Waals surface area contributed by atoms with E-state index in [0.717, 1.165) is 25.9 Å². The summed E-state index contributed by atoms with van der Waals surface area (Å²) in [5, 5.41) is 2.84. The third kappa shape index (κ3) is 5.93. The Kier molecular flexibility index (Phi) is 8.72. The summed E-state index contributed by atoms with van der Waals surface area (Å²) in [6.45, 7) is 6.52. The Labute approximate surface area is 169 Å². The molecule has 1 saturated heterocycles. The molecule has 1 fully saturated rings. The molecule has 0 aromatic heterocycles. The molecule has 0 bridgehead atoms. The number of carbonyl (C=O) groups excluding carboxylic acids is 1. The highest BCUT2D eigenvalue weighted by Gasteiger charge is 2.23. The Morgan fingerprint density at radius 3 is 2.29 bits per heavy atom. The Balaban J connectivity index is 2.16. The predicted molar refractivity (Wildman–Crippen MR) is 111 cm³/mol. The summed E-state index contributed by atoms with van der Waals surface area (Å²) in [6, 6.07) is 4.58. The average molecular weight is 412 g/mol. The van der Waals surface area contributed by atoms with Crippen LogP contribution in [0.25, 0.3) is 0 Å². The van der Waals surface area contributed by atoms with Gasteiger partial charge in [0, 0.05) is 13.1 Å². The van der Waals surface area contributed by atoms with E-state index in [2.05, 4.69) is 10.2 Å². The third-order valence-corrected chi connectivity index (χ3v) is 7.15. The largest absolute Gasteiger partial charge is 0.495 e. The lowest BCUT2D eigenvalue weighted by molar-refractivity contribution is -0.117. The number of hydrogen-bond donors (Lipinski definition) is 1. The van der Waals surface area contributed by atoms with Crippen LogP contribution in [0.5, 0.6) is 5.75 Å². The van der Waals surface area contributed by atoms with E-state index in [1.165, 1.54) is 42.8 Å². The number of amides is 1. The van der Waals surface area contributed by atoms with Crippen LogP contribution in [0.3, 0.4) is 0 Å². The third-order valence-electron chi connectivity index (χ3n) is 5.10. The van der Waals surface area contributed by atoms with Crippen LogP contribution in [0.2, 0.25) is 0 Å². The summed E-state index contributed by atoms with van der Waals surface area (Å²) < 4.78 is 32.3. The monoisotopic (exact) mass is 411 g/mol. The fourth-order valence-corrected chi connectivity index (χ4v) is 5.01. The number of nitrogens with one attached hydrogen (secondary N) is 1. The lowest BCUT2D eigenvalue weighted by atomic mass is 10.1. The van der Waals surface area contributed by atoms with E-state index >= 15 is 0 Å². The Bertz CT molecular complexity index is 740. The molecule has 1 aromatic rings. The van der Waals surface area contributed by atoms with Crippen molar-refractivity contribution in [2.75, 3.05) is 45.2 Å². The molecule has 1 aliphatic heterocycles. The number of methoxy groups -OCH3 is 1. The van der Waals surface area contributed by atoms with E-state index in [4.69, 9.17) is 4.74 Å². The first-order chi connectivity index (χ1) is 13.4. The molecule has 1 heterocycles. The fraction of sp³-hybridized carbons (Fsp3) is 0.650. The zero-order chi connectivity index (χ0) is 20.6. The molecule has 0 atom stereocenters. The van der Waals surface area contributed by atoms with Gasteiger partial charge in [0.05, 0.1) is 24.2 Å². The minimum absolute atomic E-state index is 0.151. The SMILES string of the molecule is CCN(CC)S(=O)(=O)c1ccc(OC)c(NC(=O)CN2CCCCCCC2)c1. The minimum Gasteiger partial charge on any atom is -0.495 e. The summed E-state index contributed by atoms with van der Waals surface area (Å²) in [4.78, 5) is 14.9. The van der Waals surface area contributed by atoms with Crippen LogP contribution in [-0.2, 0) is 14.8 Å². The lowest BCUT2D eigenvalue weighted by Gasteiger charge is -2.24. The van der Waals surface area contributed by atoms with Crippen molar-refractivity contribution in [1.82, 2.24) is 9.21 Å². The molecule has 7 nitrogen and oxygen atoms in total. The van der Waals surface area contributed by atoms with Crippen LogP contribution >= 0.6 is 0 Å². The molecule has 1 amide bonds. The number of ether oxygens (including phenoxy) is 1. The number of likely N-dealkylation sites (tertiary alicyclic amines) is 1. The van der Waals surface area contributed by atoms with Crippen molar-refractivity contribution in [3.05, 3.63) is 18.2 Å². The number of anilines is 1. The van der Waals surface area contributed by atoms with Crippen LogP contribution in [0.1, 0.15) is 46.0 Å². The maximum absolute atomic E-state index is 12.8. The maximum Gasteiger partial charge on any atom is 0.243 e. The van der Waals surface area contributed by atoms with Crippen LogP contribution in [0.15, 0.2) is 23.1 Å². The standard InChI is InChI=1S/C20H33N3O4S/c1-4-23(5-2)28(25,26)17-11-12-19(27-3)18(15-17)21-20(24)16-22-13-9-7-6-8-10-14-22/h11-12,15H,4-10,13-14,16H2,1-3H3,(H,21,24). The molecular weight excluding hydrogens is 378 g/mol. The fourth-order valence-electron chi connectivity index (χ4n) is 3.52. The van der Waals surface area contributed by atoms with Crippen molar-refractivity contribution in [1.29, 1.82) is 0 Å². The summed E-state index contributed by atoms with van der Waals surface area (Å²) in [5.74, 6) is 0.288. The van der Waals surface area contributed by atoms with E-state index in [9.17, 15) is 13.2 Å². The molecular formula is C20H33N3O4S. The normalized spacial score (nSPS) is 16.4. The number of benzene rings is 1. The van der Waals surface area contributed by atoms with Crippen molar-refractivity contribution < 1.29 is 17.9 Å². The van der Waals surface area contributed by atoms with E-state index < -0.39 is 10.0 Å². The van der Waals surface area contributed by atoms with Gasteiger partial charge in [-0.25, -0.2) is 8.42 Å². The number of rotatable bonds is 8. The van der Waals surface area contributed by atoms with Crippen molar-refractivity contribution >= 4 is 21.6 Å². The average Bonchev–Trinajstić information content (AvgIpc) is 2.64. The maximum atomic E-state index is 12.8. The van der Waals surface area contributed by atoms with Gasteiger partial charge >= 0.3 is 0 Å². The Morgan fingerprint density at radius 2 is 1.71 bits per heavy atom. The van der Waals surface area contributed by atoms with Crippen molar-refractivity contribution in [2.24, 2.45) is 0 Å². The van der Waals surface area contributed by atoms with Crippen LogP contribution in [0.4, 0.5) is 5.69 Å². The quantitative estimate of drug-likeness (QED) is 0.712. The Morgan fingerprint density at radius 1 is 1.11 bits per heavy atom. The van der Waals surface area contributed by atoms with Crippen molar-refractivity contribution in [3.63, 3.8) is 0 Å². The molecule has 1 aliphatic rings. The van der Waals surface area contributed by atoms with Crippen LogP contribution < -0.4 is 10.1 Å². The summed E-state index contributed by atoms with van der Waals surface area (Å²) in [5.41, 5.74) is 0.382. The molecule has 0 unspecified atom stereocenters. The molecule has 158 valence electrons. The van der Waals surface area contributed by atoms with Gasteiger partial charge in [0.15, 0.2) is 0 Å². The second kappa shape index (κ2) is 10.8. The smallest absolute Gasteiger partial charge is 0.243 e. The molecule has 0 aliphatic carbocycles. The summed E-state index contributed by atoms with van der Waals surface area (Å²) >= 11 is 0. The molecule has 0 spiro atoms. The first kappa shape index (κ1) is 22.6. The summed E-state index contributed by atoms with van der Waals surface area (Å²) in [7, 11) is -2.10. The van der Waals surface area contributed by atoms with E-state index in [0.29, 0.717) is 31.1 Å². The summed E-state index contributed by atoms with van der Waals surface area (Å²) in [6.07, 6.45) is 5.89. The molecule has 1 aromatic carbocycles. The molecule has 2 rings (SSSR count). The topological polar surface area (TPSA) is 79.0 Å². The van der Waals surface area contributed by atoms with Gasteiger partial charge in [-0.3, -0.25) is 9.69 Å². The second-order valence-electron chi connectivity index (χ2n) is 7.04. The van der Waals surface area contributed by atoms with Crippen molar-refractivity contribution in [3.8, 4) is 5.75 Å². The molecule has 0 saturated carbocycles. The lowest BCUT2D eigenvalue weighted by Crippen LogP contribution is -2.35. The predicted octanol–water partition coefficient (Wildman–Crippen LogP) is 2.93. The second-order valence-corrected chi connectivity index (χ2v) is 8.98. The van der Waals surface area contributed by atoms with Gasteiger partial charge in [-0.05, 0) is 44.1 Å². The zero-order valence-corrected chi connectivity index (χ0v) is 18.1. The number of carbonyl (C=O) groups is 1. The van der Waals surface area contributed by atoms with E-state index in [1.807, 2.05) is 0 Å².